The largest absolute Gasteiger partial charge is 0.480 e. The number of carbonyl (C=O) groups excluding carboxylic acids is 1. The van der Waals surface area contributed by atoms with Crippen LogP contribution < -0.4 is 0 Å². The first-order valence-electron chi connectivity index (χ1n) is 6.30. The average Bonchev–Trinajstić information content (AvgIpc) is 3.09. The predicted octanol–water partition coefficient (Wildman–Crippen LogP) is 0.824. The molecule has 6 heteroatoms. The van der Waals surface area contributed by atoms with Crippen molar-refractivity contribution in [3.63, 3.8) is 0 Å². The first-order valence-corrected chi connectivity index (χ1v) is 6.30. The van der Waals surface area contributed by atoms with Gasteiger partial charge in [-0.25, -0.2) is 0 Å². The van der Waals surface area contributed by atoms with E-state index >= 15 is 0 Å². The average molecular weight is 266 g/mol. The van der Waals surface area contributed by atoms with Crippen LogP contribution >= 0.6 is 0 Å². The third-order valence-electron chi connectivity index (χ3n) is 3.14. The molecular weight excluding hydrogens is 248 g/mol. The van der Waals surface area contributed by atoms with Gasteiger partial charge < -0.3 is 19.3 Å². The van der Waals surface area contributed by atoms with E-state index in [1.54, 1.807) is 30.3 Å². The number of hydrogen-bond acceptors (Lipinski definition) is 3. The molecule has 1 heterocycles. The monoisotopic (exact) mass is 266 g/mol. The summed E-state index contributed by atoms with van der Waals surface area (Å²) in [6.07, 6.45) is 3.63. The predicted molar refractivity (Wildman–Crippen MR) is 68.0 cm³/mol. The van der Waals surface area contributed by atoms with Gasteiger partial charge in [0, 0.05) is 25.9 Å². The van der Waals surface area contributed by atoms with E-state index in [0.29, 0.717) is 18.8 Å². The maximum Gasteiger partial charge on any atom is 0.323 e. The molecule has 0 unspecified atom stereocenters. The fourth-order valence-electron chi connectivity index (χ4n) is 2.06. The number of nitrogens with zero attached hydrogens (tertiary/aromatic N) is 2. The number of ether oxygens (including phenoxy) is 1. The van der Waals surface area contributed by atoms with Crippen molar-refractivity contribution in [3.8, 4) is 0 Å². The van der Waals surface area contributed by atoms with Crippen molar-refractivity contribution in [2.45, 2.75) is 25.4 Å². The summed E-state index contributed by atoms with van der Waals surface area (Å²) in [4.78, 5) is 25.0. The van der Waals surface area contributed by atoms with Crippen LogP contribution in [0.2, 0.25) is 0 Å². The SMILES string of the molecule is COCCN(C(=O)c1cccn1CC(=O)O)C1CC1. The van der Waals surface area contributed by atoms with Crippen molar-refractivity contribution in [3.05, 3.63) is 24.0 Å². The minimum Gasteiger partial charge on any atom is -0.480 e. The summed E-state index contributed by atoms with van der Waals surface area (Å²) in [5.41, 5.74) is 0.422. The highest BCUT2D eigenvalue weighted by Crippen LogP contribution is 2.28. The molecule has 0 saturated heterocycles. The first-order chi connectivity index (χ1) is 9.13. The molecule has 1 aromatic rings. The zero-order valence-corrected chi connectivity index (χ0v) is 10.9. The highest BCUT2D eigenvalue weighted by Gasteiger charge is 2.33. The molecule has 0 aromatic carbocycles. The third-order valence-corrected chi connectivity index (χ3v) is 3.14. The van der Waals surface area contributed by atoms with Crippen molar-refractivity contribution < 1.29 is 19.4 Å². The Morgan fingerprint density at radius 2 is 2.26 bits per heavy atom. The Labute approximate surface area is 111 Å². The summed E-state index contributed by atoms with van der Waals surface area (Å²) in [5, 5.41) is 8.83. The van der Waals surface area contributed by atoms with E-state index in [-0.39, 0.29) is 18.5 Å². The molecule has 1 aliphatic rings. The van der Waals surface area contributed by atoms with Crippen LogP contribution in [0.4, 0.5) is 0 Å². The number of rotatable bonds is 7. The molecule has 0 spiro atoms. The van der Waals surface area contributed by atoms with Gasteiger partial charge in [-0.1, -0.05) is 0 Å². The highest BCUT2D eigenvalue weighted by atomic mass is 16.5. The number of aliphatic carboxylic acids is 1. The molecule has 0 atom stereocenters. The van der Waals surface area contributed by atoms with Crippen LogP contribution in [0.3, 0.4) is 0 Å². The van der Waals surface area contributed by atoms with Gasteiger partial charge in [-0.15, -0.1) is 0 Å². The van der Waals surface area contributed by atoms with E-state index in [0.717, 1.165) is 12.8 Å². The Morgan fingerprint density at radius 1 is 1.53 bits per heavy atom. The molecule has 1 fully saturated rings. The van der Waals surface area contributed by atoms with E-state index in [2.05, 4.69) is 0 Å². The van der Waals surface area contributed by atoms with Crippen molar-refractivity contribution in [1.29, 1.82) is 0 Å². The van der Waals surface area contributed by atoms with Crippen LogP contribution in [0.25, 0.3) is 0 Å². The Hall–Kier alpha value is -1.82. The normalized spacial score (nSPS) is 14.4. The van der Waals surface area contributed by atoms with Crippen LogP contribution in [0.15, 0.2) is 18.3 Å². The van der Waals surface area contributed by atoms with Crippen molar-refractivity contribution in [2.24, 2.45) is 0 Å². The van der Waals surface area contributed by atoms with Crippen molar-refractivity contribution in [2.75, 3.05) is 20.3 Å². The quantitative estimate of drug-likeness (QED) is 0.793. The van der Waals surface area contributed by atoms with E-state index in [1.807, 2.05) is 0 Å². The van der Waals surface area contributed by atoms with Crippen LogP contribution in [-0.2, 0) is 16.1 Å². The first kappa shape index (κ1) is 13.6. The molecule has 0 bridgehead atoms. The summed E-state index contributed by atoms with van der Waals surface area (Å²) >= 11 is 0. The molecule has 1 aliphatic carbocycles. The second-order valence-corrected chi connectivity index (χ2v) is 4.64. The lowest BCUT2D eigenvalue weighted by atomic mass is 10.3. The second-order valence-electron chi connectivity index (χ2n) is 4.64. The number of carboxylic acid groups (broad SMARTS) is 1. The lowest BCUT2D eigenvalue weighted by molar-refractivity contribution is -0.137. The molecule has 2 rings (SSSR count). The van der Waals surface area contributed by atoms with Crippen molar-refractivity contribution >= 4 is 11.9 Å². The Morgan fingerprint density at radius 3 is 2.84 bits per heavy atom. The number of aromatic nitrogens is 1. The maximum absolute atomic E-state index is 12.5. The summed E-state index contributed by atoms with van der Waals surface area (Å²) in [7, 11) is 1.60. The molecule has 1 aromatic heterocycles. The minimum atomic E-state index is -0.958. The number of carbonyl (C=O) groups is 2. The zero-order valence-electron chi connectivity index (χ0n) is 10.9. The van der Waals surface area contributed by atoms with Gasteiger partial charge in [0.25, 0.3) is 5.91 Å². The molecule has 6 nitrogen and oxygen atoms in total. The second kappa shape index (κ2) is 5.88. The van der Waals surface area contributed by atoms with Gasteiger partial charge in [0.1, 0.15) is 12.2 Å². The minimum absolute atomic E-state index is 0.120. The molecule has 0 radical (unpaired) electrons. The smallest absolute Gasteiger partial charge is 0.323 e. The van der Waals surface area contributed by atoms with Gasteiger partial charge in [-0.2, -0.15) is 0 Å². The molecule has 0 aliphatic heterocycles. The molecular formula is C13H18N2O4. The Bertz CT molecular complexity index is 465. The van der Waals surface area contributed by atoms with Crippen LogP contribution in [0, 0.1) is 0 Å². The van der Waals surface area contributed by atoms with E-state index in [4.69, 9.17) is 9.84 Å². The zero-order chi connectivity index (χ0) is 13.8. The summed E-state index contributed by atoms with van der Waals surface area (Å²) in [6.45, 7) is 0.830. The number of methoxy groups -OCH3 is 1. The van der Waals surface area contributed by atoms with Gasteiger partial charge in [0.15, 0.2) is 0 Å². The molecule has 1 amide bonds. The van der Waals surface area contributed by atoms with Gasteiger partial charge in [-0.05, 0) is 25.0 Å². The summed E-state index contributed by atoms with van der Waals surface area (Å²) in [6, 6.07) is 3.63. The highest BCUT2D eigenvalue weighted by molar-refractivity contribution is 5.93. The van der Waals surface area contributed by atoms with E-state index in [1.165, 1.54) is 4.57 Å². The van der Waals surface area contributed by atoms with Gasteiger partial charge >= 0.3 is 5.97 Å². The van der Waals surface area contributed by atoms with Gasteiger partial charge in [0.2, 0.25) is 0 Å². The van der Waals surface area contributed by atoms with Crippen LogP contribution in [-0.4, -0.2) is 52.8 Å². The summed E-state index contributed by atoms with van der Waals surface area (Å²) in [5.74, 6) is -1.08. The van der Waals surface area contributed by atoms with Crippen molar-refractivity contribution in [1.82, 2.24) is 9.47 Å². The fraction of sp³-hybridized carbons (Fsp3) is 0.538. The number of carboxylic acids is 1. The number of amides is 1. The Balaban J connectivity index is 2.12. The molecule has 1 saturated carbocycles. The lowest BCUT2D eigenvalue weighted by Crippen LogP contribution is -2.37. The van der Waals surface area contributed by atoms with E-state index in [9.17, 15) is 9.59 Å². The maximum atomic E-state index is 12.5. The molecule has 104 valence electrons. The number of hydrogen-bond donors (Lipinski definition) is 1. The summed E-state index contributed by atoms with van der Waals surface area (Å²) < 4.78 is 6.48. The van der Waals surface area contributed by atoms with E-state index < -0.39 is 5.97 Å². The van der Waals surface area contributed by atoms with Gasteiger partial charge in [-0.3, -0.25) is 9.59 Å². The Kier molecular flexibility index (Phi) is 4.21. The topological polar surface area (TPSA) is 71.8 Å². The lowest BCUT2D eigenvalue weighted by Gasteiger charge is -2.22. The van der Waals surface area contributed by atoms with Gasteiger partial charge in [0.05, 0.1) is 6.61 Å². The fourth-order valence-corrected chi connectivity index (χ4v) is 2.06. The van der Waals surface area contributed by atoms with Crippen LogP contribution in [0.1, 0.15) is 23.3 Å². The third kappa shape index (κ3) is 3.35. The molecule has 19 heavy (non-hydrogen) atoms. The standard InChI is InChI=1S/C13H18N2O4/c1-19-8-7-15(10-4-5-10)13(18)11-3-2-6-14(11)9-12(16)17/h2-3,6,10H,4-5,7-9H2,1H3,(H,16,17). The molecule has 1 N–H and O–H groups in total. The van der Waals surface area contributed by atoms with Crippen LogP contribution in [0.5, 0.6) is 0 Å².